The number of fused-ring (bicyclic) bond motifs is 2. The van der Waals surface area contributed by atoms with Crippen molar-refractivity contribution in [3.63, 3.8) is 0 Å². The molecule has 0 spiro atoms. The van der Waals surface area contributed by atoms with E-state index < -0.39 is 0 Å². The number of likely N-dealkylation sites (tertiary alicyclic amines) is 1. The molecule has 0 N–H and O–H groups in total. The Kier molecular flexibility index (Phi) is 5.64. The van der Waals surface area contributed by atoms with E-state index in [0.717, 1.165) is 41.9 Å². The Morgan fingerprint density at radius 3 is 2.61 bits per heavy atom. The molecule has 1 saturated heterocycles. The highest BCUT2D eigenvalue weighted by atomic mass is 16.2. The second kappa shape index (κ2) is 8.43. The van der Waals surface area contributed by atoms with Crippen LogP contribution in [0.2, 0.25) is 0 Å². The topological polar surface area (TPSA) is 23.6 Å². The summed E-state index contributed by atoms with van der Waals surface area (Å²) in [6.07, 6.45) is 8.87. The van der Waals surface area contributed by atoms with E-state index in [1.807, 2.05) is 24.3 Å². The third-order valence-electron chi connectivity index (χ3n) is 8.40. The average Bonchev–Trinajstić information content (AvgIpc) is 2.81. The third kappa shape index (κ3) is 3.93. The molecule has 3 heteroatoms. The molecular weight excluding hydrogens is 380 g/mol. The molecule has 2 unspecified atom stereocenters. The van der Waals surface area contributed by atoms with Gasteiger partial charge in [-0.05, 0) is 72.9 Å². The first-order valence-corrected chi connectivity index (χ1v) is 12.2. The van der Waals surface area contributed by atoms with Gasteiger partial charge in [0.1, 0.15) is 0 Å². The normalized spacial score (nSPS) is 25.0. The monoisotopic (exact) mass is 416 g/mol. The summed E-state index contributed by atoms with van der Waals surface area (Å²) in [5, 5.41) is 2.21. The number of hydrogen-bond acceptors (Lipinski definition) is 2. The fourth-order valence-electron chi connectivity index (χ4n) is 6.16. The summed E-state index contributed by atoms with van der Waals surface area (Å²) in [6.45, 7) is 9.78. The van der Waals surface area contributed by atoms with Crippen molar-refractivity contribution < 1.29 is 4.79 Å². The van der Waals surface area contributed by atoms with E-state index >= 15 is 0 Å². The zero-order valence-electron chi connectivity index (χ0n) is 19.1. The van der Waals surface area contributed by atoms with Crippen LogP contribution in [0.3, 0.4) is 0 Å². The van der Waals surface area contributed by atoms with E-state index in [0.29, 0.717) is 11.3 Å². The second-order valence-electron chi connectivity index (χ2n) is 10.5. The van der Waals surface area contributed by atoms with E-state index in [-0.39, 0.29) is 5.91 Å². The fraction of sp³-hybridized carbons (Fsp3) is 0.536. The van der Waals surface area contributed by atoms with Gasteiger partial charge in [-0.15, -0.1) is 0 Å². The summed E-state index contributed by atoms with van der Waals surface area (Å²) in [6, 6.07) is 14.4. The van der Waals surface area contributed by atoms with Crippen LogP contribution in [0.1, 0.15) is 56.3 Å². The molecule has 1 aliphatic heterocycles. The van der Waals surface area contributed by atoms with Gasteiger partial charge in [0.15, 0.2) is 0 Å². The van der Waals surface area contributed by atoms with E-state index in [1.54, 1.807) is 0 Å². The van der Waals surface area contributed by atoms with Gasteiger partial charge in [-0.2, -0.15) is 0 Å². The Morgan fingerprint density at radius 2 is 1.84 bits per heavy atom. The first-order valence-electron chi connectivity index (χ1n) is 12.2. The molecule has 2 aromatic carbocycles. The minimum absolute atomic E-state index is 0.189. The lowest BCUT2D eigenvalue weighted by molar-refractivity contribution is -0.0105. The standard InChI is InChI=1S/C28H36N2O/c1-28(2)23-14-13-22(26(28)19-23)20-30(18-17-29-15-6-3-7-16-29)27(31)25-12-8-10-21-9-4-5-11-24(21)25/h4-5,8-13,23,26H,3,6-7,14-20H2,1-2H3. The SMILES string of the molecule is CC1(C)C2CC=C(CN(CCN3CCCCC3)C(=O)c3cccc4ccccc34)C1C2. The van der Waals surface area contributed by atoms with Gasteiger partial charge >= 0.3 is 0 Å². The molecule has 1 heterocycles. The summed E-state index contributed by atoms with van der Waals surface area (Å²) in [7, 11) is 0. The van der Waals surface area contributed by atoms with Gasteiger partial charge in [0.25, 0.3) is 5.91 Å². The second-order valence-corrected chi connectivity index (χ2v) is 10.5. The number of nitrogens with zero attached hydrogens (tertiary/aromatic N) is 2. The quantitative estimate of drug-likeness (QED) is 0.559. The van der Waals surface area contributed by atoms with Crippen molar-refractivity contribution in [1.82, 2.24) is 9.80 Å². The van der Waals surface area contributed by atoms with Crippen LogP contribution < -0.4 is 0 Å². The predicted octanol–water partition coefficient (Wildman–Crippen LogP) is 5.76. The van der Waals surface area contributed by atoms with Crippen LogP contribution in [0.25, 0.3) is 10.8 Å². The number of amides is 1. The molecule has 3 nitrogen and oxygen atoms in total. The predicted molar refractivity (Wildman–Crippen MR) is 128 cm³/mol. The lowest BCUT2D eigenvalue weighted by Gasteiger charge is -2.57. The van der Waals surface area contributed by atoms with Crippen molar-refractivity contribution in [1.29, 1.82) is 0 Å². The van der Waals surface area contributed by atoms with Crippen molar-refractivity contribution in [3.05, 3.63) is 59.7 Å². The van der Waals surface area contributed by atoms with Crippen LogP contribution in [-0.2, 0) is 0 Å². The average molecular weight is 417 g/mol. The highest BCUT2D eigenvalue weighted by Gasteiger charge is 2.51. The van der Waals surface area contributed by atoms with Gasteiger partial charge in [0.2, 0.25) is 0 Å². The Bertz CT molecular complexity index is 980. The third-order valence-corrected chi connectivity index (χ3v) is 8.40. The van der Waals surface area contributed by atoms with Crippen LogP contribution in [0, 0.1) is 17.3 Å². The minimum Gasteiger partial charge on any atom is -0.333 e. The maximum Gasteiger partial charge on any atom is 0.254 e. The summed E-state index contributed by atoms with van der Waals surface area (Å²) < 4.78 is 0. The molecule has 31 heavy (non-hydrogen) atoms. The molecule has 164 valence electrons. The highest BCUT2D eigenvalue weighted by molar-refractivity contribution is 6.07. The smallest absolute Gasteiger partial charge is 0.254 e. The van der Waals surface area contributed by atoms with Gasteiger partial charge in [0.05, 0.1) is 0 Å². The number of carbonyl (C=O) groups excluding carboxylic acids is 1. The number of allylic oxidation sites excluding steroid dienone is 1. The zero-order valence-corrected chi connectivity index (χ0v) is 19.1. The maximum atomic E-state index is 13.9. The van der Waals surface area contributed by atoms with Crippen molar-refractivity contribution >= 4 is 16.7 Å². The molecule has 2 atom stereocenters. The molecule has 3 aliphatic carbocycles. The molecule has 2 fully saturated rings. The van der Waals surface area contributed by atoms with Crippen LogP contribution in [0.15, 0.2) is 54.1 Å². The van der Waals surface area contributed by atoms with Crippen molar-refractivity contribution in [2.24, 2.45) is 17.3 Å². The molecule has 0 aromatic heterocycles. The zero-order chi connectivity index (χ0) is 21.4. The largest absolute Gasteiger partial charge is 0.333 e. The number of hydrogen-bond donors (Lipinski definition) is 0. The Labute approximate surface area is 187 Å². The van der Waals surface area contributed by atoms with Crippen LogP contribution in [0.5, 0.6) is 0 Å². The maximum absolute atomic E-state index is 13.9. The minimum atomic E-state index is 0.189. The first-order chi connectivity index (χ1) is 15.0. The summed E-state index contributed by atoms with van der Waals surface area (Å²) >= 11 is 0. The molecule has 0 radical (unpaired) electrons. The van der Waals surface area contributed by atoms with Crippen LogP contribution in [-0.4, -0.2) is 48.4 Å². The van der Waals surface area contributed by atoms with Gasteiger partial charge < -0.3 is 9.80 Å². The summed E-state index contributed by atoms with van der Waals surface area (Å²) in [4.78, 5) is 18.6. The Hall–Kier alpha value is -2.13. The Balaban J connectivity index is 1.40. The van der Waals surface area contributed by atoms with E-state index in [1.165, 1.54) is 50.8 Å². The van der Waals surface area contributed by atoms with Crippen LogP contribution in [0.4, 0.5) is 0 Å². The lowest BCUT2D eigenvalue weighted by atomic mass is 9.49. The number of rotatable bonds is 6. The molecule has 1 amide bonds. The lowest BCUT2D eigenvalue weighted by Crippen LogP contribution is -2.51. The van der Waals surface area contributed by atoms with Gasteiger partial charge in [-0.1, -0.05) is 68.3 Å². The number of benzene rings is 2. The fourth-order valence-corrected chi connectivity index (χ4v) is 6.16. The van der Waals surface area contributed by atoms with Gasteiger partial charge in [-0.25, -0.2) is 0 Å². The van der Waals surface area contributed by atoms with E-state index in [4.69, 9.17) is 0 Å². The van der Waals surface area contributed by atoms with Crippen molar-refractivity contribution in [2.75, 3.05) is 32.7 Å². The molecule has 2 aromatic rings. The molecule has 2 bridgehead atoms. The summed E-state index contributed by atoms with van der Waals surface area (Å²) in [5.74, 6) is 1.66. The Morgan fingerprint density at radius 1 is 1.06 bits per heavy atom. The first kappa shape index (κ1) is 20.8. The molecule has 4 aliphatic rings. The van der Waals surface area contributed by atoms with Gasteiger partial charge in [-0.3, -0.25) is 4.79 Å². The van der Waals surface area contributed by atoms with Crippen molar-refractivity contribution in [2.45, 2.75) is 46.0 Å². The number of piperidine rings is 1. The van der Waals surface area contributed by atoms with E-state index in [2.05, 4.69) is 47.9 Å². The van der Waals surface area contributed by atoms with Gasteiger partial charge in [0, 0.05) is 25.2 Å². The number of carbonyl (C=O) groups is 1. The highest BCUT2D eigenvalue weighted by Crippen LogP contribution is 2.59. The molecular formula is C28H36N2O. The van der Waals surface area contributed by atoms with Crippen molar-refractivity contribution in [3.8, 4) is 0 Å². The molecule has 1 saturated carbocycles. The van der Waals surface area contributed by atoms with Crippen LogP contribution >= 0.6 is 0 Å². The molecule has 6 rings (SSSR count). The van der Waals surface area contributed by atoms with E-state index in [9.17, 15) is 4.79 Å². The summed E-state index contributed by atoms with van der Waals surface area (Å²) in [5.41, 5.74) is 2.74.